The molecule has 1 aliphatic heterocycles. The molecule has 2 aliphatic rings. The molecule has 1 aliphatic carbocycles. The van der Waals surface area contributed by atoms with Crippen LogP contribution in [0.25, 0.3) is 0 Å². The van der Waals surface area contributed by atoms with E-state index < -0.39 is 22.5 Å². The molecular weight excluding hydrogens is 264 g/mol. The zero-order chi connectivity index (χ0) is 14.3. The fourth-order valence-corrected chi connectivity index (χ4v) is 2.24. The Morgan fingerprint density at radius 3 is 2.60 bits per heavy atom. The van der Waals surface area contributed by atoms with Crippen molar-refractivity contribution in [3.05, 3.63) is 39.9 Å². The van der Waals surface area contributed by atoms with Crippen molar-refractivity contribution in [3.63, 3.8) is 0 Å². The summed E-state index contributed by atoms with van der Waals surface area (Å²) in [4.78, 5) is 26.3. The minimum Gasteiger partial charge on any atom is -0.466 e. The third-order valence-electron chi connectivity index (χ3n) is 3.54. The van der Waals surface area contributed by atoms with Crippen LogP contribution in [0.5, 0.6) is 0 Å². The Morgan fingerprint density at radius 1 is 1.45 bits per heavy atom. The van der Waals surface area contributed by atoms with Gasteiger partial charge in [0.2, 0.25) is 12.0 Å². The van der Waals surface area contributed by atoms with E-state index >= 15 is 0 Å². The lowest BCUT2D eigenvalue weighted by atomic mass is 10.1. The van der Waals surface area contributed by atoms with Gasteiger partial charge >= 0.3 is 5.97 Å². The fourth-order valence-electron chi connectivity index (χ4n) is 2.24. The lowest BCUT2D eigenvalue weighted by Crippen LogP contribution is -2.34. The summed E-state index contributed by atoms with van der Waals surface area (Å²) in [6.45, 7) is 0. The number of carbonyl (C=O) groups is 1. The summed E-state index contributed by atoms with van der Waals surface area (Å²) in [5.74, 6) is -0.101. The maximum atomic E-state index is 11.7. The summed E-state index contributed by atoms with van der Waals surface area (Å²) < 4.78 is 10.3. The molecule has 0 saturated heterocycles. The number of rotatable bonds is 3. The number of nitrogens with zero attached hydrogens (tertiary/aromatic N) is 2. The predicted octanol–water partition coefficient (Wildman–Crippen LogP) is 1.45. The van der Waals surface area contributed by atoms with Gasteiger partial charge in [0.25, 0.3) is 5.69 Å². The minimum absolute atomic E-state index is 0.00185. The zero-order valence-electron chi connectivity index (χ0n) is 10.7. The normalized spacial score (nSPS) is 22.1. The number of aliphatic imine (C=N–C) groups is 1. The minimum atomic E-state index is -0.710. The maximum Gasteiger partial charge on any atom is 0.349 e. The number of carbonyl (C=O) groups excluding carboxylic acids is 1. The van der Waals surface area contributed by atoms with Crippen molar-refractivity contribution in [1.29, 1.82) is 0 Å². The first kappa shape index (κ1) is 12.6. The molecule has 104 valence electrons. The Balaban J connectivity index is 1.85. The molecule has 7 heteroatoms. The van der Waals surface area contributed by atoms with Gasteiger partial charge in [0.1, 0.15) is 5.54 Å². The second-order valence-corrected chi connectivity index (χ2v) is 4.85. The number of ether oxygens (including phenoxy) is 2. The van der Waals surface area contributed by atoms with E-state index in [2.05, 4.69) is 4.99 Å². The van der Waals surface area contributed by atoms with Gasteiger partial charge in [-0.3, -0.25) is 10.1 Å². The average molecular weight is 276 g/mol. The van der Waals surface area contributed by atoms with Gasteiger partial charge in [-0.15, -0.1) is 0 Å². The molecule has 3 rings (SSSR count). The van der Waals surface area contributed by atoms with E-state index in [9.17, 15) is 14.9 Å². The Bertz CT molecular complexity index is 604. The monoisotopic (exact) mass is 276 g/mol. The molecule has 1 atom stereocenters. The van der Waals surface area contributed by atoms with Crippen LogP contribution < -0.4 is 0 Å². The number of non-ortho nitro benzene ring substituents is 1. The van der Waals surface area contributed by atoms with Gasteiger partial charge in [0.15, 0.2) is 0 Å². The second kappa shape index (κ2) is 4.29. The largest absolute Gasteiger partial charge is 0.466 e. The predicted molar refractivity (Wildman–Crippen MR) is 68.5 cm³/mol. The molecule has 1 unspecified atom stereocenters. The van der Waals surface area contributed by atoms with Crippen LogP contribution in [0, 0.1) is 10.1 Å². The van der Waals surface area contributed by atoms with Crippen LogP contribution in [0.1, 0.15) is 18.4 Å². The smallest absolute Gasteiger partial charge is 0.349 e. The highest BCUT2D eigenvalue weighted by Crippen LogP contribution is 2.48. The molecule has 0 amide bonds. The molecule has 1 aromatic carbocycles. The molecule has 0 bridgehead atoms. The van der Waals surface area contributed by atoms with Crippen LogP contribution >= 0.6 is 0 Å². The van der Waals surface area contributed by atoms with Crippen LogP contribution in [0.3, 0.4) is 0 Å². The first-order valence-electron chi connectivity index (χ1n) is 6.15. The number of hydrogen-bond acceptors (Lipinski definition) is 6. The topological polar surface area (TPSA) is 91.0 Å². The van der Waals surface area contributed by atoms with Crippen molar-refractivity contribution in [1.82, 2.24) is 0 Å². The number of nitro benzene ring substituents is 1. The van der Waals surface area contributed by atoms with E-state index in [1.807, 2.05) is 0 Å². The lowest BCUT2D eigenvalue weighted by molar-refractivity contribution is -0.384. The third-order valence-corrected chi connectivity index (χ3v) is 3.54. The summed E-state index contributed by atoms with van der Waals surface area (Å²) in [5.41, 5.74) is 0.121. The summed E-state index contributed by atoms with van der Waals surface area (Å²) in [5, 5.41) is 10.6. The Hall–Kier alpha value is -2.44. The quantitative estimate of drug-likeness (QED) is 0.473. The van der Waals surface area contributed by atoms with Crippen LogP contribution in [-0.4, -0.2) is 35.5 Å². The fraction of sp³-hybridized carbons (Fsp3) is 0.385. The highest BCUT2D eigenvalue weighted by atomic mass is 16.6. The molecule has 1 heterocycles. The van der Waals surface area contributed by atoms with Crippen LogP contribution in [0.2, 0.25) is 0 Å². The van der Waals surface area contributed by atoms with Crippen LogP contribution in [-0.2, 0) is 14.3 Å². The van der Waals surface area contributed by atoms with Crippen molar-refractivity contribution in [2.45, 2.75) is 24.5 Å². The van der Waals surface area contributed by atoms with E-state index in [-0.39, 0.29) is 5.69 Å². The summed E-state index contributed by atoms with van der Waals surface area (Å²) in [7, 11) is 1.31. The molecule has 1 spiro atoms. The summed E-state index contributed by atoms with van der Waals surface area (Å²) in [6, 6.07) is 5.89. The van der Waals surface area contributed by atoms with Gasteiger partial charge in [-0.05, 0) is 25.0 Å². The van der Waals surface area contributed by atoms with Crippen molar-refractivity contribution < 1.29 is 19.2 Å². The average Bonchev–Trinajstić information content (AvgIpc) is 3.11. The zero-order valence-corrected chi connectivity index (χ0v) is 10.7. The van der Waals surface area contributed by atoms with Gasteiger partial charge in [-0.1, -0.05) is 0 Å². The Morgan fingerprint density at radius 2 is 2.10 bits per heavy atom. The number of methoxy groups -OCH3 is 1. The number of esters is 1. The molecule has 1 aromatic rings. The van der Waals surface area contributed by atoms with Crippen LogP contribution in [0.4, 0.5) is 5.69 Å². The van der Waals surface area contributed by atoms with Gasteiger partial charge in [0.05, 0.1) is 12.0 Å². The molecule has 7 nitrogen and oxygen atoms in total. The number of hydrogen-bond donors (Lipinski definition) is 0. The molecule has 1 fully saturated rings. The maximum absolute atomic E-state index is 11.7. The second-order valence-electron chi connectivity index (χ2n) is 4.85. The van der Waals surface area contributed by atoms with E-state index in [0.717, 1.165) is 12.8 Å². The highest BCUT2D eigenvalue weighted by Gasteiger charge is 2.59. The van der Waals surface area contributed by atoms with Crippen molar-refractivity contribution in [2.75, 3.05) is 7.11 Å². The molecule has 0 radical (unpaired) electrons. The first-order chi connectivity index (χ1) is 9.55. The number of benzene rings is 1. The summed E-state index contributed by atoms with van der Waals surface area (Å²) in [6.07, 6.45) is 0.852. The molecule has 0 N–H and O–H groups in total. The molecule has 0 aromatic heterocycles. The first-order valence-corrected chi connectivity index (χ1v) is 6.15. The van der Waals surface area contributed by atoms with E-state index in [1.165, 1.54) is 19.2 Å². The van der Waals surface area contributed by atoms with Crippen molar-refractivity contribution in [2.24, 2.45) is 4.99 Å². The van der Waals surface area contributed by atoms with E-state index in [4.69, 9.17) is 9.47 Å². The van der Waals surface area contributed by atoms with Crippen molar-refractivity contribution in [3.8, 4) is 0 Å². The molecule has 1 saturated carbocycles. The molecular formula is C13H12N2O5. The Kier molecular flexibility index (Phi) is 2.70. The molecule has 20 heavy (non-hydrogen) atoms. The highest BCUT2D eigenvalue weighted by molar-refractivity contribution is 5.99. The SMILES string of the molecule is COC(=O)C1OC(c2ccc([N+](=O)[O-])cc2)=NC12CC2. The van der Waals surface area contributed by atoms with Gasteiger partial charge < -0.3 is 9.47 Å². The van der Waals surface area contributed by atoms with Gasteiger partial charge in [-0.2, -0.15) is 0 Å². The number of nitro groups is 1. The van der Waals surface area contributed by atoms with E-state index in [0.29, 0.717) is 11.5 Å². The lowest BCUT2D eigenvalue weighted by Gasteiger charge is -2.13. The third kappa shape index (κ3) is 1.91. The standard InChI is InChI=1S/C13H12N2O5/c1-19-12(16)10-13(6-7-13)14-11(20-10)8-2-4-9(5-3-8)15(17)18/h2-5,10H,6-7H2,1H3. The Labute approximate surface area is 114 Å². The summed E-state index contributed by atoms with van der Waals surface area (Å²) >= 11 is 0. The van der Waals surface area contributed by atoms with Gasteiger partial charge in [-0.25, -0.2) is 9.79 Å². The van der Waals surface area contributed by atoms with Crippen molar-refractivity contribution >= 4 is 17.6 Å². The van der Waals surface area contributed by atoms with Gasteiger partial charge in [0, 0.05) is 17.7 Å². The van der Waals surface area contributed by atoms with E-state index in [1.54, 1.807) is 12.1 Å². The van der Waals surface area contributed by atoms with Crippen LogP contribution in [0.15, 0.2) is 29.3 Å².